The number of urea groups is 1. The maximum absolute atomic E-state index is 12.9. The van der Waals surface area contributed by atoms with Crippen LogP contribution in [-0.4, -0.2) is 58.1 Å². The molecular weight excluding hydrogens is 468 g/mol. The molecule has 2 aromatic heterocycles. The normalized spacial score (nSPS) is 14.8. The molecule has 9 nitrogen and oxygen atoms in total. The molecular formula is C28H30N6O3. The van der Waals surface area contributed by atoms with Gasteiger partial charge >= 0.3 is 6.03 Å². The predicted molar refractivity (Wildman–Crippen MR) is 142 cm³/mol. The van der Waals surface area contributed by atoms with E-state index in [4.69, 9.17) is 14.5 Å². The second-order valence-electron chi connectivity index (χ2n) is 9.17. The molecule has 37 heavy (non-hydrogen) atoms. The molecule has 0 fully saturated rings. The summed E-state index contributed by atoms with van der Waals surface area (Å²) in [4.78, 5) is 25.3. The van der Waals surface area contributed by atoms with E-state index in [0.29, 0.717) is 30.5 Å². The number of ether oxygens (including phenoxy) is 2. The molecule has 0 spiro atoms. The average molecular weight is 499 g/mol. The molecule has 1 aliphatic rings. The van der Waals surface area contributed by atoms with Crippen LogP contribution in [-0.2, 0) is 6.54 Å². The number of imidazole rings is 1. The van der Waals surface area contributed by atoms with Crippen LogP contribution in [0.5, 0.6) is 11.6 Å². The zero-order valence-corrected chi connectivity index (χ0v) is 21.4. The summed E-state index contributed by atoms with van der Waals surface area (Å²) in [5.74, 6) is 1.84. The van der Waals surface area contributed by atoms with Crippen molar-refractivity contribution in [2.75, 3.05) is 33.1 Å². The van der Waals surface area contributed by atoms with Crippen LogP contribution in [0.2, 0.25) is 0 Å². The van der Waals surface area contributed by atoms with E-state index >= 15 is 0 Å². The summed E-state index contributed by atoms with van der Waals surface area (Å²) in [6, 6.07) is 19.5. The van der Waals surface area contributed by atoms with E-state index in [1.54, 1.807) is 37.3 Å². The van der Waals surface area contributed by atoms with Crippen molar-refractivity contribution in [3.05, 3.63) is 90.0 Å². The molecule has 5 rings (SSSR count). The molecule has 0 bridgehead atoms. The molecule has 0 unspecified atom stereocenters. The van der Waals surface area contributed by atoms with E-state index in [1.807, 2.05) is 78.4 Å². The number of pyridine rings is 1. The van der Waals surface area contributed by atoms with Crippen LogP contribution >= 0.6 is 0 Å². The van der Waals surface area contributed by atoms with Gasteiger partial charge in [-0.25, -0.2) is 9.78 Å². The highest BCUT2D eigenvalue weighted by Crippen LogP contribution is 2.33. The van der Waals surface area contributed by atoms with E-state index < -0.39 is 0 Å². The van der Waals surface area contributed by atoms with Crippen molar-refractivity contribution in [2.45, 2.75) is 19.6 Å². The Bertz CT molecular complexity index is 1400. The molecule has 1 atom stereocenters. The number of nitrogens with zero attached hydrogens (tertiary/aromatic N) is 5. The Morgan fingerprint density at radius 1 is 1.14 bits per heavy atom. The lowest BCUT2D eigenvalue weighted by molar-refractivity contribution is 0.132. The van der Waals surface area contributed by atoms with Gasteiger partial charge in [0.1, 0.15) is 17.7 Å². The first kappa shape index (κ1) is 24.2. The smallest absolute Gasteiger partial charge is 0.319 e. The SMILES string of the molecule is COc1cc(Nc2ccc3c(n2)O[C@H](c2ccccc2)CN(C(=O)N(C)C)C3)ccc1-n1cnc(C)c1. The molecule has 190 valence electrons. The lowest BCUT2D eigenvalue weighted by Crippen LogP contribution is -2.40. The standard InChI is InChI=1S/C28H30N6O3/c1-19-15-34(18-29-19)23-12-11-22(14-24(23)36-4)30-26-13-10-21-16-33(28(35)32(2)3)17-25(37-27(21)31-26)20-8-6-5-7-9-20/h5-15,18,25H,16-17H2,1-4H3,(H,30,31)/t25-/m0/s1. The number of methoxy groups -OCH3 is 1. The summed E-state index contributed by atoms with van der Waals surface area (Å²) >= 11 is 0. The molecule has 1 aliphatic heterocycles. The summed E-state index contributed by atoms with van der Waals surface area (Å²) in [7, 11) is 5.15. The number of hydrogen-bond acceptors (Lipinski definition) is 6. The topological polar surface area (TPSA) is 84.7 Å². The number of benzene rings is 2. The summed E-state index contributed by atoms with van der Waals surface area (Å²) in [5, 5.41) is 3.36. The summed E-state index contributed by atoms with van der Waals surface area (Å²) in [6.45, 7) is 2.78. The van der Waals surface area contributed by atoms with E-state index in [1.165, 1.54) is 0 Å². The number of amides is 2. The largest absolute Gasteiger partial charge is 0.494 e. The second kappa shape index (κ2) is 10.2. The van der Waals surface area contributed by atoms with Gasteiger partial charge in [-0.15, -0.1) is 0 Å². The average Bonchev–Trinajstić information content (AvgIpc) is 3.24. The van der Waals surface area contributed by atoms with Gasteiger partial charge in [0.05, 0.1) is 37.9 Å². The van der Waals surface area contributed by atoms with Gasteiger partial charge in [0.2, 0.25) is 5.88 Å². The number of fused-ring (bicyclic) bond motifs is 1. The molecule has 0 aliphatic carbocycles. The highest BCUT2D eigenvalue weighted by Gasteiger charge is 2.29. The molecule has 9 heteroatoms. The first-order valence-corrected chi connectivity index (χ1v) is 12.0. The zero-order valence-electron chi connectivity index (χ0n) is 21.4. The molecule has 1 N–H and O–H groups in total. The molecule has 3 heterocycles. The van der Waals surface area contributed by atoms with Crippen LogP contribution in [0.4, 0.5) is 16.3 Å². The van der Waals surface area contributed by atoms with Crippen LogP contribution < -0.4 is 14.8 Å². The van der Waals surface area contributed by atoms with Gasteiger partial charge in [-0.1, -0.05) is 30.3 Å². The van der Waals surface area contributed by atoms with Crippen LogP contribution in [0.15, 0.2) is 73.2 Å². The van der Waals surface area contributed by atoms with E-state index in [9.17, 15) is 4.79 Å². The number of nitrogens with one attached hydrogen (secondary N) is 1. The van der Waals surface area contributed by atoms with Crippen LogP contribution in [0, 0.1) is 6.92 Å². The Labute approximate surface area is 216 Å². The first-order chi connectivity index (χ1) is 17.9. The Morgan fingerprint density at radius 2 is 1.95 bits per heavy atom. The maximum atomic E-state index is 12.9. The summed E-state index contributed by atoms with van der Waals surface area (Å²) in [5.41, 5.74) is 4.48. The quantitative estimate of drug-likeness (QED) is 0.419. The summed E-state index contributed by atoms with van der Waals surface area (Å²) in [6.07, 6.45) is 3.37. The number of hydrogen-bond donors (Lipinski definition) is 1. The number of rotatable bonds is 5. The fourth-order valence-corrected chi connectivity index (χ4v) is 4.34. The van der Waals surface area contributed by atoms with Crippen molar-refractivity contribution >= 4 is 17.5 Å². The molecule has 0 saturated carbocycles. The third kappa shape index (κ3) is 5.20. The molecule has 0 radical (unpaired) electrons. The minimum atomic E-state index is -0.341. The van der Waals surface area contributed by atoms with Gasteiger partial charge in [0.15, 0.2) is 0 Å². The first-order valence-electron chi connectivity index (χ1n) is 12.0. The van der Waals surface area contributed by atoms with E-state index in [2.05, 4.69) is 10.3 Å². The lowest BCUT2D eigenvalue weighted by atomic mass is 10.1. The van der Waals surface area contributed by atoms with Gasteiger partial charge in [-0.05, 0) is 36.8 Å². The fourth-order valence-electron chi connectivity index (χ4n) is 4.34. The number of aryl methyl sites for hydroxylation is 1. The molecule has 4 aromatic rings. The Hall–Kier alpha value is -4.53. The van der Waals surface area contributed by atoms with Crippen molar-refractivity contribution < 1.29 is 14.3 Å². The number of carbonyl (C=O) groups is 1. The fraction of sp³-hybridized carbons (Fsp3) is 0.250. The van der Waals surface area contributed by atoms with Crippen molar-refractivity contribution in [3.8, 4) is 17.3 Å². The zero-order chi connectivity index (χ0) is 25.9. The highest BCUT2D eigenvalue weighted by atomic mass is 16.5. The van der Waals surface area contributed by atoms with Crippen LogP contribution in [0.3, 0.4) is 0 Å². The van der Waals surface area contributed by atoms with Crippen molar-refractivity contribution in [1.82, 2.24) is 24.3 Å². The van der Waals surface area contributed by atoms with Crippen molar-refractivity contribution in [1.29, 1.82) is 0 Å². The Kier molecular flexibility index (Phi) is 6.68. The Morgan fingerprint density at radius 3 is 2.65 bits per heavy atom. The van der Waals surface area contributed by atoms with Gasteiger partial charge in [-0.2, -0.15) is 4.98 Å². The number of aromatic nitrogens is 3. The van der Waals surface area contributed by atoms with Crippen molar-refractivity contribution in [2.24, 2.45) is 0 Å². The van der Waals surface area contributed by atoms with E-state index in [-0.39, 0.29) is 12.1 Å². The van der Waals surface area contributed by atoms with Gasteiger partial charge in [-0.3, -0.25) is 0 Å². The monoisotopic (exact) mass is 498 g/mol. The third-order valence-corrected chi connectivity index (χ3v) is 6.21. The number of anilines is 2. The van der Waals surface area contributed by atoms with Gasteiger partial charge < -0.3 is 29.2 Å². The molecule has 2 amide bonds. The van der Waals surface area contributed by atoms with Gasteiger partial charge in [0, 0.05) is 37.6 Å². The lowest BCUT2D eigenvalue weighted by Gasteiger charge is -2.26. The maximum Gasteiger partial charge on any atom is 0.319 e. The van der Waals surface area contributed by atoms with Gasteiger partial charge in [0.25, 0.3) is 0 Å². The van der Waals surface area contributed by atoms with E-state index in [0.717, 1.165) is 28.2 Å². The molecule has 0 saturated heterocycles. The second-order valence-corrected chi connectivity index (χ2v) is 9.17. The minimum absolute atomic E-state index is 0.0696. The van der Waals surface area contributed by atoms with Crippen LogP contribution in [0.25, 0.3) is 5.69 Å². The van der Waals surface area contributed by atoms with Crippen molar-refractivity contribution in [3.63, 3.8) is 0 Å². The highest BCUT2D eigenvalue weighted by molar-refractivity contribution is 5.74. The molecule has 2 aromatic carbocycles. The summed E-state index contributed by atoms with van der Waals surface area (Å²) < 4.78 is 14.0. The van der Waals surface area contributed by atoms with Crippen LogP contribution in [0.1, 0.15) is 22.9 Å². The minimum Gasteiger partial charge on any atom is -0.494 e. The predicted octanol–water partition coefficient (Wildman–Crippen LogP) is 4.95. The third-order valence-electron chi connectivity index (χ3n) is 6.21. The number of carbonyl (C=O) groups excluding carboxylic acids is 1. The Balaban J connectivity index is 1.44.